The maximum absolute atomic E-state index is 14.8. The standard InChI is InChI=1S/C80H94N6O33/c1-40-20-54-74(100)85(79(104)114-34-44-11-13-60(51(27-44)57(88)9-7-15-116-81)118-78-70(97)67(94)68(95)71(119-78)76(102)103)52-29-61(42(3)22-48(52)72(98)83(54)31-40)111-35-45-23-46(25-47(24-45)82-64(90)38-109-18-16-108-17-19-110-39-65(91)92)36-112-63-30-53-49(28-62(63)107-5)73(99)84-32-41(2)21-55(84)75(101)86(53)80(105)115-33-43-10-12-59(50(26-43)56(87)8-6-14-106-4)117-77-69(96)66(93)58(89)37-113-77/h10-13,22-30,54-55,58,66-71,74-75,77-78,89,93-97,100-101H,1-2,6-9,14-21,31-39,81H2,3-5H3,(H,82,90)(H,91,92)(H,102,103)/t54-,55-,58+,66-,67-,68-,69+,70+,71-,74?,75?,77-,78?/m0/s1. The van der Waals surface area contributed by atoms with Gasteiger partial charge in [0, 0.05) is 57.5 Å². The molecule has 4 saturated heterocycles. The minimum Gasteiger partial charge on any atom is -0.493 e. The van der Waals surface area contributed by atoms with E-state index in [9.17, 15) is 89.1 Å². The quantitative estimate of drug-likeness (QED) is 0.0117. The lowest BCUT2D eigenvalue weighted by Crippen LogP contribution is -2.61. The van der Waals surface area contributed by atoms with E-state index < -0.39 is 166 Å². The van der Waals surface area contributed by atoms with E-state index >= 15 is 0 Å². The minimum atomic E-state index is -2.05. The second-order valence-corrected chi connectivity index (χ2v) is 28.8. The number of ketones is 2. The van der Waals surface area contributed by atoms with E-state index in [0.29, 0.717) is 34.3 Å². The molecule has 4 fully saturated rings. The van der Waals surface area contributed by atoms with Gasteiger partial charge < -0.3 is 133 Å². The van der Waals surface area contributed by atoms with Crippen molar-refractivity contribution in [1.82, 2.24) is 9.80 Å². The number of nitrogens with zero attached hydrogens (tertiary/aromatic N) is 4. The van der Waals surface area contributed by atoms with E-state index in [1.54, 1.807) is 25.1 Å². The second kappa shape index (κ2) is 40.3. The van der Waals surface area contributed by atoms with E-state index in [1.807, 2.05) is 0 Å². The molecule has 13 atom stereocenters. The number of anilines is 3. The number of aryl methyl sites for hydroxylation is 1. The molecule has 642 valence electrons. The zero-order valence-corrected chi connectivity index (χ0v) is 65.0. The summed E-state index contributed by atoms with van der Waals surface area (Å²) in [5.41, 5.74) is 2.03. The number of methoxy groups -OCH3 is 2. The lowest BCUT2D eigenvalue weighted by Gasteiger charge is -2.38. The van der Waals surface area contributed by atoms with E-state index in [2.05, 4.69) is 23.3 Å². The Morgan fingerprint density at radius 3 is 1.60 bits per heavy atom. The molecule has 6 aliphatic rings. The third-order valence-corrected chi connectivity index (χ3v) is 20.2. The lowest BCUT2D eigenvalue weighted by atomic mass is 9.98. The summed E-state index contributed by atoms with van der Waals surface area (Å²) < 4.78 is 74.2. The number of aliphatic carboxylic acids is 2. The number of ether oxygens (including phenoxy) is 13. The molecule has 39 heteroatoms. The lowest BCUT2D eigenvalue weighted by molar-refractivity contribution is -0.271. The van der Waals surface area contributed by atoms with E-state index in [1.165, 1.54) is 84.7 Å². The number of nitrogens with one attached hydrogen (secondary N) is 1. The molecule has 3 unspecified atom stereocenters. The number of carboxylic acid groups (broad SMARTS) is 2. The predicted molar refractivity (Wildman–Crippen MR) is 408 cm³/mol. The van der Waals surface area contributed by atoms with Crippen molar-refractivity contribution in [2.45, 2.75) is 152 Å². The fourth-order valence-electron chi connectivity index (χ4n) is 14.2. The number of nitrogens with two attached hydrogens (primary N) is 1. The average Bonchev–Trinajstić information content (AvgIpc) is 1.62. The summed E-state index contributed by atoms with van der Waals surface area (Å²) in [5, 5.41) is 109. The molecule has 0 radical (unpaired) electrons. The number of rotatable bonds is 37. The number of amides is 5. The molecule has 0 bridgehead atoms. The summed E-state index contributed by atoms with van der Waals surface area (Å²) in [6.07, 6.45) is -21.9. The molecule has 119 heavy (non-hydrogen) atoms. The Kier molecular flexibility index (Phi) is 30.1. The Balaban J connectivity index is 0.869. The van der Waals surface area contributed by atoms with Crippen LogP contribution in [-0.4, -0.2) is 281 Å². The van der Waals surface area contributed by atoms with E-state index in [4.69, 9.17) is 72.6 Å². The fourth-order valence-corrected chi connectivity index (χ4v) is 14.2. The first-order chi connectivity index (χ1) is 57.0. The number of carbonyl (C=O) groups excluding carboxylic acids is 7. The van der Waals surface area contributed by atoms with Crippen molar-refractivity contribution in [3.8, 4) is 28.7 Å². The molecule has 0 aliphatic carbocycles. The number of fused-ring (bicyclic) bond motifs is 4. The molecule has 5 amide bonds. The highest BCUT2D eigenvalue weighted by Gasteiger charge is 2.51. The molecule has 0 aromatic heterocycles. The van der Waals surface area contributed by atoms with Crippen LogP contribution < -0.4 is 44.7 Å². The summed E-state index contributed by atoms with van der Waals surface area (Å²) in [6, 6.07) is 16.2. The smallest absolute Gasteiger partial charge is 0.416 e. The Labute approximate surface area is 679 Å². The van der Waals surface area contributed by atoms with Crippen LogP contribution in [0.15, 0.2) is 103 Å². The SMILES string of the molecule is C=C1C[C@H]2C(O)N(C(=O)OCc3ccc(OC4O[C@H](C(=O)O)[C@@H](O)[C@H](O)[C@H]4O)c(C(=O)CCCON)c3)c3cc(OCc4cc(COc5cc6c(cc5OC)C(=O)N5CC(=C)C[C@H]5C(O)N6C(=O)OCc5ccc(O[C@@H]6OC[C@@H](O)[C@H](O)[C@H]6O)c(C(=O)CCCOC)c5)cc(NC(=O)COCCOCCOCC(=O)O)c4)c(C)cc3C(=O)N2C1. The molecule has 5 aromatic carbocycles. The van der Waals surface area contributed by atoms with Gasteiger partial charge >= 0.3 is 24.1 Å². The fraction of sp³-hybridized carbons (Fsp3) is 0.463. The van der Waals surface area contributed by atoms with Gasteiger partial charge in [-0.3, -0.25) is 24.0 Å². The summed E-state index contributed by atoms with van der Waals surface area (Å²) >= 11 is 0. The number of hydrogen-bond acceptors (Lipinski definition) is 32. The summed E-state index contributed by atoms with van der Waals surface area (Å²) in [7, 11) is 2.77. The molecule has 11 rings (SSSR count). The van der Waals surface area contributed by atoms with Gasteiger partial charge in [0.05, 0.1) is 92.5 Å². The summed E-state index contributed by atoms with van der Waals surface area (Å²) in [6.45, 7) is 6.71. The number of aliphatic hydroxyl groups excluding tert-OH is 8. The van der Waals surface area contributed by atoms with Gasteiger partial charge in [0.15, 0.2) is 41.6 Å². The van der Waals surface area contributed by atoms with Crippen LogP contribution in [0.25, 0.3) is 0 Å². The second-order valence-electron chi connectivity index (χ2n) is 28.8. The van der Waals surface area contributed by atoms with Crippen molar-refractivity contribution < 1.29 is 161 Å². The predicted octanol–water partition coefficient (Wildman–Crippen LogP) is 2.28. The maximum atomic E-state index is 14.8. The number of hydrogen-bond donors (Lipinski definition) is 12. The van der Waals surface area contributed by atoms with Crippen LogP contribution in [0.4, 0.5) is 26.7 Å². The van der Waals surface area contributed by atoms with Gasteiger partial charge in [-0.15, -0.1) is 0 Å². The van der Waals surface area contributed by atoms with Crippen LogP contribution in [0.3, 0.4) is 0 Å². The normalized spacial score (nSPS) is 23.3. The van der Waals surface area contributed by atoms with Crippen molar-refractivity contribution in [3.05, 3.63) is 153 Å². The number of carbonyl (C=O) groups is 9. The van der Waals surface area contributed by atoms with Crippen molar-refractivity contribution in [2.75, 3.05) is 102 Å². The van der Waals surface area contributed by atoms with Gasteiger partial charge in [0.1, 0.15) is 93.5 Å². The highest BCUT2D eigenvalue weighted by molar-refractivity contribution is 6.07. The van der Waals surface area contributed by atoms with Crippen LogP contribution in [0, 0.1) is 6.92 Å². The largest absolute Gasteiger partial charge is 0.493 e. The van der Waals surface area contributed by atoms with Gasteiger partial charge in [-0.1, -0.05) is 36.4 Å². The molecule has 13 N–H and O–H groups in total. The number of aliphatic hydroxyl groups is 8. The summed E-state index contributed by atoms with van der Waals surface area (Å²) in [5.74, 6) is -0.889. The van der Waals surface area contributed by atoms with Gasteiger partial charge in [0.2, 0.25) is 18.5 Å². The van der Waals surface area contributed by atoms with E-state index in [-0.39, 0.29) is 177 Å². The van der Waals surface area contributed by atoms with Crippen LogP contribution in [-0.2, 0) is 83.5 Å². The molecule has 6 aliphatic heterocycles. The Morgan fingerprint density at radius 1 is 0.546 bits per heavy atom. The van der Waals surface area contributed by atoms with Crippen molar-refractivity contribution in [2.24, 2.45) is 5.90 Å². The first-order valence-corrected chi connectivity index (χ1v) is 37.7. The molecular weight excluding hydrogens is 1570 g/mol. The van der Waals surface area contributed by atoms with Crippen LogP contribution in [0.2, 0.25) is 0 Å². The number of carboxylic acids is 2. The van der Waals surface area contributed by atoms with Crippen molar-refractivity contribution in [3.63, 3.8) is 0 Å². The topological polar surface area (TPSA) is 536 Å². The Hall–Kier alpha value is -10.8. The van der Waals surface area contributed by atoms with Crippen molar-refractivity contribution >= 4 is 70.5 Å². The number of benzene rings is 5. The first-order valence-electron chi connectivity index (χ1n) is 37.7. The Morgan fingerprint density at radius 2 is 1.06 bits per heavy atom. The van der Waals surface area contributed by atoms with Gasteiger partial charge in [-0.25, -0.2) is 34.9 Å². The summed E-state index contributed by atoms with van der Waals surface area (Å²) in [4.78, 5) is 132. The maximum Gasteiger partial charge on any atom is 0.416 e. The highest BCUT2D eigenvalue weighted by atomic mass is 16.7. The zero-order valence-electron chi connectivity index (χ0n) is 65.0. The van der Waals surface area contributed by atoms with Crippen molar-refractivity contribution in [1.29, 1.82) is 0 Å². The minimum absolute atomic E-state index is 0.0108. The molecule has 0 spiro atoms. The van der Waals surface area contributed by atoms with E-state index in [0.717, 1.165) is 9.80 Å². The monoisotopic (exact) mass is 1670 g/mol. The average molecular weight is 1670 g/mol. The molecular formula is C80H94N6O33. The highest BCUT2D eigenvalue weighted by Crippen LogP contribution is 2.44. The van der Waals surface area contributed by atoms with Crippen LogP contribution >= 0.6 is 0 Å². The van der Waals surface area contributed by atoms with Gasteiger partial charge in [-0.2, -0.15) is 0 Å². The zero-order chi connectivity index (χ0) is 85.6. The molecule has 6 heterocycles. The number of Topliss-reactive ketones (excluding diaryl/α,β-unsaturated/α-hetero) is 2. The van der Waals surface area contributed by atoms with Crippen LogP contribution in [0.5, 0.6) is 28.7 Å². The third kappa shape index (κ3) is 21.3. The molecule has 39 nitrogen and oxygen atoms in total. The molecule has 5 aromatic rings. The Bertz CT molecular complexity index is 4600. The third-order valence-electron chi connectivity index (χ3n) is 20.2. The first kappa shape index (κ1) is 89.0. The van der Waals surface area contributed by atoms with Crippen LogP contribution in [0.1, 0.15) is 108 Å². The molecule has 0 saturated carbocycles. The van der Waals surface area contributed by atoms with Gasteiger partial charge in [-0.05, 0) is 115 Å². The van der Waals surface area contributed by atoms with Gasteiger partial charge in [0.25, 0.3) is 11.8 Å².